The zero-order valence-electron chi connectivity index (χ0n) is 10.5. The number of amides is 1. The van der Waals surface area contributed by atoms with Gasteiger partial charge in [0.2, 0.25) is 15.9 Å². The summed E-state index contributed by atoms with van der Waals surface area (Å²) >= 11 is 3.30. The second-order valence-electron chi connectivity index (χ2n) is 4.56. The molecular formula is C12H15BrN2O3S. The molecule has 1 aliphatic rings. The number of nitrogens with zero attached hydrogens (tertiary/aromatic N) is 1. The smallest absolute Gasteiger partial charge is 0.240 e. The normalized spacial score (nSPS) is 15.1. The molecular weight excluding hydrogens is 332 g/mol. The third-order valence-corrected chi connectivity index (χ3v) is 4.55. The molecule has 0 spiro atoms. The topological polar surface area (TPSA) is 66.5 Å². The van der Waals surface area contributed by atoms with E-state index in [-0.39, 0.29) is 18.5 Å². The van der Waals surface area contributed by atoms with E-state index in [4.69, 9.17) is 0 Å². The molecule has 104 valence electrons. The van der Waals surface area contributed by atoms with E-state index in [1.165, 1.54) is 0 Å². The minimum absolute atomic E-state index is 0.196. The maximum atomic E-state index is 11.8. The van der Waals surface area contributed by atoms with Gasteiger partial charge in [-0.15, -0.1) is 0 Å². The van der Waals surface area contributed by atoms with Crippen molar-refractivity contribution in [2.24, 2.45) is 0 Å². The van der Waals surface area contributed by atoms with E-state index >= 15 is 0 Å². The van der Waals surface area contributed by atoms with Crippen LogP contribution in [0.25, 0.3) is 0 Å². The van der Waals surface area contributed by atoms with Gasteiger partial charge < -0.3 is 5.32 Å². The Morgan fingerprint density at radius 3 is 2.58 bits per heavy atom. The highest BCUT2D eigenvalue weighted by Crippen LogP contribution is 2.27. The fourth-order valence-electron chi connectivity index (χ4n) is 1.67. The summed E-state index contributed by atoms with van der Waals surface area (Å²) in [7, 11) is -3.51. The first-order valence-corrected chi connectivity index (χ1v) is 8.53. The number of halogens is 1. The molecule has 0 saturated heterocycles. The molecule has 0 atom stereocenters. The van der Waals surface area contributed by atoms with E-state index in [0.29, 0.717) is 10.2 Å². The molecule has 5 nitrogen and oxygen atoms in total. The van der Waals surface area contributed by atoms with Crippen molar-refractivity contribution in [3.05, 3.63) is 28.7 Å². The first-order chi connectivity index (χ1) is 8.88. The lowest BCUT2D eigenvalue weighted by molar-refractivity contribution is -0.119. The number of nitrogens with one attached hydrogen (secondary N) is 1. The minimum atomic E-state index is -3.51. The Labute approximate surface area is 121 Å². The number of rotatable bonds is 5. The summed E-state index contributed by atoms with van der Waals surface area (Å²) in [5.74, 6) is -0.274. The predicted octanol–water partition coefficient (Wildman–Crippen LogP) is 1.49. The van der Waals surface area contributed by atoms with Gasteiger partial charge in [0.1, 0.15) is 6.54 Å². The van der Waals surface area contributed by atoms with E-state index in [2.05, 4.69) is 21.2 Å². The molecule has 0 bridgehead atoms. The predicted molar refractivity (Wildman–Crippen MR) is 77.5 cm³/mol. The molecule has 1 N–H and O–H groups in total. The van der Waals surface area contributed by atoms with Gasteiger partial charge in [-0.25, -0.2) is 8.42 Å². The first-order valence-electron chi connectivity index (χ1n) is 5.89. The average Bonchev–Trinajstić information content (AvgIpc) is 3.09. The molecule has 19 heavy (non-hydrogen) atoms. The molecule has 0 aliphatic heterocycles. The Balaban J connectivity index is 2.21. The van der Waals surface area contributed by atoms with Crippen molar-refractivity contribution in [2.75, 3.05) is 17.1 Å². The van der Waals surface area contributed by atoms with Gasteiger partial charge in [0.25, 0.3) is 0 Å². The first kappa shape index (κ1) is 14.3. The van der Waals surface area contributed by atoms with Crippen molar-refractivity contribution in [3.63, 3.8) is 0 Å². The molecule has 2 rings (SSSR count). The number of para-hydroxylation sites is 1. The largest absolute Gasteiger partial charge is 0.352 e. The SMILES string of the molecule is CS(=O)(=O)N(CC(=O)NC1CC1)c1ccccc1Br. The standard InChI is InChI=1S/C12H15BrN2O3S/c1-19(17,18)15(8-12(16)14-9-6-7-9)11-5-3-2-4-10(11)13/h2-5,9H,6-8H2,1H3,(H,14,16). The molecule has 1 aromatic rings. The third kappa shape index (κ3) is 3.94. The number of carbonyl (C=O) groups is 1. The van der Waals surface area contributed by atoms with Crippen LogP contribution in [0.15, 0.2) is 28.7 Å². The summed E-state index contributed by atoms with van der Waals surface area (Å²) < 4.78 is 25.4. The number of carbonyl (C=O) groups excluding carboxylic acids is 1. The molecule has 0 unspecified atom stereocenters. The second kappa shape index (κ2) is 5.50. The summed E-state index contributed by atoms with van der Waals surface area (Å²) in [6, 6.07) is 7.14. The zero-order chi connectivity index (χ0) is 14.0. The second-order valence-corrected chi connectivity index (χ2v) is 7.32. The van der Waals surface area contributed by atoms with Crippen LogP contribution in [0.5, 0.6) is 0 Å². The van der Waals surface area contributed by atoms with Crippen LogP contribution in [-0.2, 0) is 14.8 Å². The van der Waals surface area contributed by atoms with E-state index in [9.17, 15) is 13.2 Å². The molecule has 1 saturated carbocycles. The molecule has 7 heteroatoms. The third-order valence-electron chi connectivity index (χ3n) is 2.75. The Hall–Kier alpha value is -1.08. The Morgan fingerprint density at radius 1 is 1.42 bits per heavy atom. The molecule has 1 fully saturated rings. The average molecular weight is 347 g/mol. The number of benzene rings is 1. The minimum Gasteiger partial charge on any atom is -0.352 e. The van der Waals surface area contributed by atoms with Crippen LogP contribution in [0.4, 0.5) is 5.69 Å². The van der Waals surface area contributed by atoms with Gasteiger partial charge in [0.05, 0.1) is 11.9 Å². The Kier molecular flexibility index (Phi) is 4.15. The fourth-order valence-corrected chi connectivity index (χ4v) is 3.15. The van der Waals surface area contributed by atoms with Crippen molar-refractivity contribution in [3.8, 4) is 0 Å². The molecule has 0 radical (unpaired) electrons. The van der Waals surface area contributed by atoms with E-state index in [0.717, 1.165) is 23.4 Å². The quantitative estimate of drug-likeness (QED) is 0.878. The number of hydrogen-bond acceptors (Lipinski definition) is 3. The highest BCUT2D eigenvalue weighted by atomic mass is 79.9. The van der Waals surface area contributed by atoms with Gasteiger partial charge in [-0.05, 0) is 40.9 Å². The van der Waals surface area contributed by atoms with Crippen LogP contribution in [-0.4, -0.2) is 33.2 Å². The van der Waals surface area contributed by atoms with Gasteiger partial charge in [-0.1, -0.05) is 12.1 Å². The van der Waals surface area contributed by atoms with Gasteiger partial charge in [0.15, 0.2) is 0 Å². The summed E-state index contributed by atoms with van der Waals surface area (Å²) in [5, 5.41) is 2.79. The Bertz CT molecular complexity index is 584. The van der Waals surface area contributed by atoms with E-state index in [1.54, 1.807) is 24.3 Å². The van der Waals surface area contributed by atoms with Crippen LogP contribution >= 0.6 is 15.9 Å². The Morgan fingerprint density at radius 2 is 2.05 bits per heavy atom. The van der Waals surface area contributed by atoms with E-state index in [1.807, 2.05) is 0 Å². The van der Waals surface area contributed by atoms with Crippen molar-refractivity contribution in [1.82, 2.24) is 5.32 Å². The number of sulfonamides is 1. The van der Waals surface area contributed by atoms with Crippen molar-refractivity contribution >= 4 is 37.5 Å². The van der Waals surface area contributed by atoms with Crippen molar-refractivity contribution in [1.29, 1.82) is 0 Å². The monoisotopic (exact) mass is 346 g/mol. The summed E-state index contributed by atoms with van der Waals surface area (Å²) in [5.41, 5.74) is 0.468. The molecule has 0 aromatic heterocycles. The lowest BCUT2D eigenvalue weighted by Crippen LogP contribution is -2.41. The van der Waals surface area contributed by atoms with Gasteiger partial charge in [0, 0.05) is 10.5 Å². The van der Waals surface area contributed by atoms with Crippen molar-refractivity contribution < 1.29 is 13.2 Å². The fraction of sp³-hybridized carbons (Fsp3) is 0.417. The lowest BCUT2D eigenvalue weighted by Gasteiger charge is -2.22. The van der Waals surface area contributed by atoms with Crippen LogP contribution < -0.4 is 9.62 Å². The van der Waals surface area contributed by atoms with Gasteiger partial charge in [-0.2, -0.15) is 0 Å². The van der Waals surface area contributed by atoms with Crippen LogP contribution in [0.2, 0.25) is 0 Å². The molecule has 1 aromatic carbocycles. The summed E-state index contributed by atoms with van der Waals surface area (Å²) in [6.45, 7) is -0.196. The number of anilines is 1. The highest BCUT2D eigenvalue weighted by Gasteiger charge is 2.27. The lowest BCUT2D eigenvalue weighted by atomic mass is 10.3. The van der Waals surface area contributed by atoms with Gasteiger partial charge >= 0.3 is 0 Å². The van der Waals surface area contributed by atoms with Crippen LogP contribution in [0.1, 0.15) is 12.8 Å². The summed E-state index contributed by atoms with van der Waals surface area (Å²) in [6.07, 6.45) is 3.04. The molecule has 1 amide bonds. The number of hydrogen-bond donors (Lipinski definition) is 1. The molecule has 1 aliphatic carbocycles. The van der Waals surface area contributed by atoms with Crippen molar-refractivity contribution in [2.45, 2.75) is 18.9 Å². The zero-order valence-corrected chi connectivity index (χ0v) is 12.9. The van der Waals surface area contributed by atoms with Gasteiger partial charge in [-0.3, -0.25) is 9.10 Å². The van der Waals surface area contributed by atoms with Crippen LogP contribution in [0, 0.1) is 0 Å². The maximum absolute atomic E-state index is 11.8. The molecule has 0 heterocycles. The summed E-state index contributed by atoms with van der Waals surface area (Å²) in [4.78, 5) is 11.8. The maximum Gasteiger partial charge on any atom is 0.240 e. The van der Waals surface area contributed by atoms with Crippen LogP contribution in [0.3, 0.4) is 0 Å². The van der Waals surface area contributed by atoms with E-state index < -0.39 is 10.0 Å². The highest BCUT2D eigenvalue weighted by molar-refractivity contribution is 9.10.